The highest BCUT2D eigenvalue weighted by Crippen LogP contribution is 2.37. The van der Waals surface area contributed by atoms with Gasteiger partial charge in [-0.15, -0.1) is 0 Å². The minimum atomic E-state index is 0.842. The zero-order chi connectivity index (χ0) is 11.7. The van der Waals surface area contributed by atoms with Gasteiger partial charge in [0.1, 0.15) is 0 Å². The number of likely N-dealkylation sites (tertiary alicyclic amines) is 1. The third-order valence-electron chi connectivity index (χ3n) is 4.26. The van der Waals surface area contributed by atoms with E-state index in [-0.39, 0.29) is 0 Å². The third kappa shape index (κ3) is 2.55. The number of halogens is 1. The lowest BCUT2D eigenvalue weighted by molar-refractivity contribution is 0.104. The Morgan fingerprint density at radius 3 is 2.94 bits per heavy atom. The summed E-state index contributed by atoms with van der Waals surface area (Å²) in [5, 5.41) is 0. The van der Waals surface area contributed by atoms with E-state index in [1.165, 1.54) is 44.3 Å². The lowest BCUT2D eigenvalue weighted by Crippen LogP contribution is -2.42. The van der Waals surface area contributed by atoms with Gasteiger partial charge in [-0.1, -0.05) is 6.42 Å². The summed E-state index contributed by atoms with van der Waals surface area (Å²) in [6.45, 7) is 2.30. The highest BCUT2D eigenvalue weighted by atomic mass is 79.9. The molecule has 0 N–H and O–H groups in total. The van der Waals surface area contributed by atoms with Gasteiger partial charge in [0.2, 0.25) is 0 Å². The molecule has 1 aromatic heterocycles. The smallest absolute Gasteiger partial charge is 0.0544 e. The van der Waals surface area contributed by atoms with E-state index < -0.39 is 0 Å². The van der Waals surface area contributed by atoms with Gasteiger partial charge in [-0.05, 0) is 66.2 Å². The minimum absolute atomic E-state index is 0.842. The van der Waals surface area contributed by atoms with E-state index in [0.717, 1.165) is 23.0 Å². The van der Waals surface area contributed by atoms with E-state index in [2.05, 4.69) is 37.9 Å². The molecule has 3 heteroatoms. The number of aromatic nitrogens is 1. The van der Waals surface area contributed by atoms with E-state index in [1.54, 1.807) is 0 Å². The quantitative estimate of drug-likeness (QED) is 0.828. The second-order valence-corrected chi connectivity index (χ2v) is 6.25. The van der Waals surface area contributed by atoms with Gasteiger partial charge in [0.15, 0.2) is 0 Å². The van der Waals surface area contributed by atoms with Crippen LogP contribution in [0.4, 0.5) is 0 Å². The van der Waals surface area contributed by atoms with Crippen molar-refractivity contribution in [2.45, 2.75) is 44.7 Å². The van der Waals surface area contributed by atoms with Crippen LogP contribution < -0.4 is 0 Å². The number of nitrogens with zero attached hydrogens (tertiary/aromatic N) is 2. The van der Waals surface area contributed by atoms with E-state index in [4.69, 9.17) is 0 Å². The molecule has 1 aliphatic heterocycles. The van der Waals surface area contributed by atoms with Crippen molar-refractivity contribution >= 4 is 15.9 Å². The van der Waals surface area contributed by atoms with Crippen LogP contribution in [0.2, 0.25) is 0 Å². The molecule has 1 aliphatic carbocycles. The van der Waals surface area contributed by atoms with Gasteiger partial charge in [0, 0.05) is 23.3 Å². The summed E-state index contributed by atoms with van der Waals surface area (Å²) in [5.74, 6) is 0.971. The van der Waals surface area contributed by atoms with Crippen molar-refractivity contribution < 1.29 is 0 Å². The largest absolute Gasteiger partial charge is 0.294 e. The first-order chi connectivity index (χ1) is 8.33. The molecule has 2 nitrogen and oxygen atoms in total. The fourth-order valence-corrected chi connectivity index (χ4v) is 3.70. The Kier molecular flexibility index (Phi) is 3.48. The Labute approximate surface area is 112 Å². The molecule has 17 heavy (non-hydrogen) atoms. The van der Waals surface area contributed by atoms with Crippen LogP contribution in [0.3, 0.4) is 0 Å². The molecule has 0 spiro atoms. The van der Waals surface area contributed by atoms with Gasteiger partial charge in [0.25, 0.3) is 0 Å². The Hall–Kier alpha value is -0.410. The predicted molar refractivity (Wildman–Crippen MR) is 72.7 cm³/mol. The summed E-state index contributed by atoms with van der Waals surface area (Å²) in [6, 6.07) is 5.08. The van der Waals surface area contributed by atoms with Crippen molar-refractivity contribution in [3.05, 3.63) is 28.5 Å². The van der Waals surface area contributed by atoms with E-state index >= 15 is 0 Å². The van der Waals surface area contributed by atoms with Crippen LogP contribution in [0.15, 0.2) is 22.8 Å². The Bertz CT molecular complexity index is 376. The molecule has 92 valence electrons. The lowest BCUT2D eigenvalue weighted by Gasteiger charge is -2.37. The van der Waals surface area contributed by atoms with Gasteiger partial charge >= 0.3 is 0 Å². The number of rotatable bonds is 2. The average molecular weight is 295 g/mol. The van der Waals surface area contributed by atoms with Crippen LogP contribution in [0.1, 0.15) is 37.8 Å². The van der Waals surface area contributed by atoms with Gasteiger partial charge in [-0.2, -0.15) is 0 Å². The molecule has 3 rings (SSSR count). The van der Waals surface area contributed by atoms with Gasteiger partial charge in [-0.3, -0.25) is 9.88 Å². The highest BCUT2D eigenvalue weighted by Gasteiger charge is 2.34. The van der Waals surface area contributed by atoms with Crippen LogP contribution >= 0.6 is 15.9 Å². The SMILES string of the molecule is Brc1ccc(CN2CCCC3CCCC32)nc1. The minimum Gasteiger partial charge on any atom is -0.294 e. The standard InChI is InChI=1S/C14H19BrN2/c15-12-6-7-13(16-9-12)10-17-8-2-4-11-3-1-5-14(11)17/h6-7,9,11,14H,1-5,8,10H2. The number of hydrogen-bond donors (Lipinski definition) is 0. The summed E-state index contributed by atoms with van der Waals surface area (Å²) in [4.78, 5) is 7.16. The molecule has 2 atom stereocenters. The van der Waals surface area contributed by atoms with E-state index in [9.17, 15) is 0 Å². The van der Waals surface area contributed by atoms with Crippen molar-refractivity contribution in [1.82, 2.24) is 9.88 Å². The molecule has 2 heterocycles. The van der Waals surface area contributed by atoms with Crippen LogP contribution in [0.5, 0.6) is 0 Å². The molecular formula is C14H19BrN2. The van der Waals surface area contributed by atoms with Crippen molar-refractivity contribution in [2.75, 3.05) is 6.54 Å². The maximum absolute atomic E-state index is 4.50. The number of pyridine rings is 1. The van der Waals surface area contributed by atoms with Gasteiger partial charge in [-0.25, -0.2) is 0 Å². The van der Waals surface area contributed by atoms with E-state index in [1.807, 2.05) is 6.20 Å². The maximum atomic E-state index is 4.50. The summed E-state index contributed by atoms with van der Waals surface area (Å²) in [6.07, 6.45) is 9.02. The molecule has 0 amide bonds. The Morgan fingerprint density at radius 1 is 1.24 bits per heavy atom. The molecule has 0 aromatic carbocycles. The van der Waals surface area contributed by atoms with Crippen LogP contribution in [-0.4, -0.2) is 22.5 Å². The maximum Gasteiger partial charge on any atom is 0.0544 e. The highest BCUT2D eigenvalue weighted by molar-refractivity contribution is 9.10. The van der Waals surface area contributed by atoms with Gasteiger partial charge in [0.05, 0.1) is 5.69 Å². The van der Waals surface area contributed by atoms with Crippen molar-refractivity contribution in [3.8, 4) is 0 Å². The van der Waals surface area contributed by atoms with Crippen molar-refractivity contribution in [3.63, 3.8) is 0 Å². The Morgan fingerprint density at radius 2 is 2.12 bits per heavy atom. The average Bonchev–Trinajstić information content (AvgIpc) is 2.81. The summed E-state index contributed by atoms with van der Waals surface area (Å²) < 4.78 is 1.07. The molecule has 2 aliphatic rings. The number of hydrogen-bond acceptors (Lipinski definition) is 2. The molecule has 1 saturated heterocycles. The summed E-state index contributed by atoms with van der Waals surface area (Å²) in [7, 11) is 0. The van der Waals surface area contributed by atoms with Crippen LogP contribution in [0, 0.1) is 5.92 Å². The monoisotopic (exact) mass is 294 g/mol. The normalized spacial score (nSPS) is 29.2. The second-order valence-electron chi connectivity index (χ2n) is 5.34. The molecule has 0 radical (unpaired) electrons. The summed E-state index contributed by atoms with van der Waals surface area (Å²) in [5.41, 5.74) is 1.21. The predicted octanol–water partition coefficient (Wildman–Crippen LogP) is 3.61. The fraction of sp³-hybridized carbons (Fsp3) is 0.643. The van der Waals surface area contributed by atoms with Gasteiger partial charge < -0.3 is 0 Å². The molecule has 1 saturated carbocycles. The molecular weight excluding hydrogens is 276 g/mol. The Balaban J connectivity index is 1.69. The fourth-order valence-electron chi connectivity index (χ4n) is 3.46. The first kappa shape index (κ1) is 11.7. The first-order valence-corrected chi connectivity index (χ1v) is 7.47. The molecule has 0 bridgehead atoms. The van der Waals surface area contributed by atoms with Crippen LogP contribution in [0.25, 0.3) is 0 Å². The van der Waals surface area contributed by atoms with Crippen molar-refractivity contribution in [1.29, 1.82) is 0 Å². The lowest BCUT2D eigenvalue weighted by atomic mass is 9.92. The topological polar surface area (TPSA) is 16.1 Å². The van der Waals surface area contributed by atoms with Crippen LogP contribution in [-0.2, 0) is 6.54 Å². The molecule has 2 fully saturated rings. The third-order valence-corrected chi connectivity index (χ3v) is 4.73. The zero-order valence-corrected chi connectivity index (χ0v) is 11.7. The van der Waals surface area contributed by atoms with E-state index in [0.29, 0.717) is 0 Å². The molecule has 2 unspecified atom stereocenters. The first-order valence-electron chi connectivity index (χ1n) is 6.67. The zero-order valence-electron chi connectivity index (χ0n) is 10.1. The number of piperidine rings is 1. The molecule has 1 aromatic rings. The number of fused-ring (bicyclic) bond motifs is 1. The second kappa shape index (κ2) is 5.07. The summed E-state index contributed by atoms with van der Waals surface area (Å²) >= 11 is 3.44. The van der Waals surface area contributed by atoms with Crippen molar-refractivity contribution in [2.24, 2.45) is 5.92 Å².